The van der Waals surface area contributed by atoms with Crippen LogP contribution in [0.25, 0.3) is 0 Å². The van der Waals surface area contributed by atoms with E-state index in [0.717, 1.165) is 0 Å². The molecule has 0 amide bonds. The van der Waals surface area contributed by atoms with Crippen molar-refractivity contribution in [1.82, 2.24) is 0 Å². The third-order valence-electron chi connectivity index (χ3n) is 2.32. The number of hydrogen-bond donors (Lipinski definition) is 4. The predicted octanol–water partition coefficient (Wildman–Crippen LogP) is 0.299. The van der Waals surface area contributed by atoms with E-state index in [1.165, 1.54) is 6.07 Å². The van der Waals surface area contributed by atoms with E-state index in [-0.39, 0.29) is 11.7 Å². The zero-order chi connectivity index (χ0) is 14.4. The highest BCUT2D eigenvalue weighted by Gasteiger charge is 2.26. The fourth-order valence-electron chi connectivity index (χ4n) is 1.48. The Morgan fingerprint density at radius 1 is 1.53 bits per heavy atom. The molecular weight excluding hydrogens is 268 g/mol. The van der Waals surface area contributed by atoms with Crippen LogP contribution >= 0.6 is 12.2 Å². The molecule has 0 saturated carbocycles. The van der Waals surface area contributed by atoms with E-state index in [1.807, 2.05) is 0 Å². The summed E-state index contributed by atoms with van der Waals surface area (Å²) in [5.74, 6) is -0.872. The Hall–Kier alpha value is -1.70. The first-order valence-corrected chi connectivity index (χ1v) is 6.05. The smallest absolute Gasteiger partial charge is 0.338 e. The van der Waals surface area contributed by atoms with E-state index in [0.29, 0.717) is 11.3 Å². The number of aliphatic hydroxyl groups excluding tert-OH is 2. The maximum atomic E-state index is 11.3. The molecule has 7 heteroatoms. The van der Waals surface area contributed by atoms with Crippen LogP contribution < -0.4 is 11.1 Å². The summed E-state index contributed by atoms with van der Waals surface area (Å²) in [6.07, 6.45) is -3.02. The highest BCUT2D eigenvalue weighted by atomic mass is 32.1. The zero-order valence-corrected chi connectivity index (χ0v) is 11.2. The first-order valence-electron chi connectivity index (χ1n) is 5.65. The number of aliphatic hydroxyl groups is 2. The molecule has 0 fully saturated rings. The van der Waals surface area contributed by atoms with Gasteiger partial charge >= 0.3 is 5.97 Å². The minimum absolute atomic E-state index is 0.0811. The Labute approximate surface area is 116 Å². The second kappa shape index (κ2) is 7.03. The number of nitrogens with two attached hydrogens (primary N) is 1. The van der Waals surface area contributed by atoms with Crippen molar-refractivity contribution < 1.29 is 19.7 Å². The van der Waals surface area contributed by atoms with E-state index in [1.54, 1.807) is 25.1 Å². The molecule has 2 unspecified atom stereocenters. The lowest BCUT2D eigenvalue weighted by molar-refractivity contribution is -0.159. The maximum absolute atomic E-state index is 11.3. The normalized spacial score (nSPS) is 13.4. The SMILES string of the molecule is CCOC(=O)C(O)C(O)c1cccc(NC(N)=S)c1. The molecule has 6 nitrogen and oxygen atoms in total. The highest BCUT2D eigenvalue weighted by Crippen LogP contribution is 2.21. The molecule has 1 rings (SSSR count). The molecule has 1 aromatic carbocycles. The molecule has 104 valence electrons. The number of ether oxygens (including phenoxy) is 1. The van der Waals surface area contributed by atoms with Gasteiger partial charge in [0.05, 0.1) is 6.61 Å². The summed E-state index contributed by atoms with van der Waals surface area (Å²) in [5, 5.41) is 22.3. The molecule has 0 saturated heterocycles. The van der Waals surface area contributed by atoms with Crippen LogP contribution in [-0.2, 0) is 9.53 Å². The molecule has 1 aromatic rings. The Kier molecular flexibility index (Phi) is 5.68. The quantitative estimate of drug-likeness (QED) is 0.455. The van der Waals surface area contributed by atoms with Gasteiger partial charge in [0.15, 0.2) is 11.2 Å². The Morgan fingerprint density at radius 2 is 2.21 bits per heavy atom. The Balaban J connectivity index is 2.84. The van der Waals surface area contributed by atoms with Gasteiger partial charge in [-0.15, -0.1) is 0 Å². The van der Waals surface area contributed by atoms with E-state index in [9.17, 15) is 15.0 Å². The summed E-state index contributed by atoms with van der Waals surface area (Å²) in [6, 6.07) is 6.42. The molecule has 0 aliphatic rings. The average molecular weight is 284 g/mol. The van der Waals surface area contributed by atoms with Crippen LogP contribution in [-0.4, -0.2) is 34.0 Å². The number of thiocarbonyl (C=S) groups is 1. The number of esters is 1. The zero-order valence-electron chi connectivity index (χ0n) is 10.4. The fraction of sp³-hybridized carbons (Fsp3) is 0.333. The van der Waals surface area contributed by atoms with Crippen LogP contribution in [0.15, 0.2) is 24.3 Å². The summed E-state index contributed by atoms with van der Waals surface area (Å²) in [4.78, 5) is 11.3. The monoisotopic (exact) mass is 284 g/mol. The summed E-state index contributed by atoms with van der Waals surface area (Å²) in [5.41, 5.74) is 6.24. The van der Waals surface area contributed by atoms with Gasteiger partial charge in [-0.25, -0.2) is 4.79 Å². The highest BCUT2D eigenvalue weighted by molar-refractivity contribution is 7.80. The van der Waals surface area contributed by atoms with E-state index in [2.05, 4.69) is 10.1 Å². The summed E-state index contributed by atoms with van der Waals surface area (Å²) in [7, 11) is 0. The van der Waals surface area contributed by atoms with Crippen LogP contribution in [0.1, 0.15) is 18.6 Å². The second-order valence-electron chi connectivity index (χ2n) is 3.76. The van der Waals surface area contributed by atoms with Gasteiger partial charge in [0.1, 0.15) is 6.10 Å². The number of carbonyl (C=O) groups is 1. The molecule has 5 N–H and O–H groups in total. The lowest BCUT2D eigenvalue weighted by atomic mass is 10.0. The van der Waals surface area contributed by atoms with Crippen molar-refractivity contribution in [1.29, 1.82) is 0 Å². The van der Waals surface area contributed by atoms with Crippen molar-refractivity contribution in [3.05, 3.63) is 29.8 Å². The standard InChI is InChI=1S/C12H16N2O4S/c1-2-18-11(17)10(16)9(15)7-4-3-5-8(6-7)14-12(13)19/h3-6,9-10,15-16H,2H2,1H3,(H3,13,14,19). The number of anilines is 1. The maximum Gasteiger partial charge on any atom is 0.338 e. The molecule has 0 aromatic heterocycles. The molecule has 0 heterocycles. The first kappa shape index (κ1) is 15.4. The van der Waals surface area contributed by atoms with Gasteiger partial charge in [0.2, 0.25) is 0 Å². The minimum atomic E-state index is -1.64. The van der Waals surface area contributed by atoms with Crippen molar-refractivity contribution in [2.45, 2.75) is 19.1 Å². The van der Waals surface area contributed by atoms with Gasteiger partial charge in [0.25, 0.3) is 0 Å². The summed E-state index contributed by atoms with van der Waals surface area (Å²) in [6.45, 7) is 1.75. The third kappa shape index (κ3) is 4.47. The van der Waals surface area contributed by atoms with E-state index in [4.69, 9.17) is 18.0 Å². The number of hydrogen-bond acceptors (Lipinski definition) is 5. The Bertz CT molecular complexity index is 467. The molecule has 0 spiro atoms. The Morgan fingerprint density at radius 3 is 2.79 bits per heavy atom. The van der Waals surface area contributed by atoms with Crippen LogP contribution in [0.3, 0.4) is 0 Å². The van der Waals surface area contributed by atoms with Gasteiger partial charge in [0, 0.05) is 5.69 Å². The number of rotatable bonds is 5. The third-order valence-corrected chi connectivity index (χ3v) is 2.42. The lowest BCUT2D eigenvalue weighted by Gasteiger charge is -2.17. The molecule has 19 heavy (non-hydrogen) atoms. The largest absolute Gasteiger partial charge is 0.464 e. The van der Waals surface area contributed by atoms with E-state index >= 15 is 0 Å². The van der Waals surface area contributed by atoms with Crippen LogP contribution in [0.4, 0.5) is 5.69 Å². The van der Waals surface area contributed by atoms with Crippen LogP contribution in [0, 0.1) is 0 Å². The second-order valence-corrected chi connectivity index (χ2v) is 4.20. The molecule has 0 radical (unpaired) electrons. The van der Waals surface area contributed by atoms with Gasteiger partial charge in [-0.2, -0.15) is 0 Å². The van der Waals surface area contributed by atoms with Crippen molar-refractivity contribution >= 4 is 29.0 Å². The van der Waals surface area contributed by atoms with Gasteiger partial charge in [-0.05, 0) is 36.8 Å². The first-order chi connectivity index (χ1) is 8.95. The lowest BCUT2D eigenvalue weighted by Crippen LogP contribution is -2.30. The van der Waals surface area contributed by atoms with Crippen molar-refractivity contribution in [3.63, 3.8) is 0 Å². The molecule has 0 aliphatic heterocycles. The molecule has 0 bridgehead atoms. The average Bonchev–Trinajstić information content (AvgIpc) is 2.36. The summed E-state index contributed by atoms with van der Waals surface area (Å²) < 4.78 is 4.64. The summed E-state index contributed by atoms with van der Waals surface area (Å²) >= 11 is 4.69. The van der Waals surface area contributed by atoms with Gasteiger partial charge in [-0.1, -0.05) is 12.1 Å². The minimum Gasteiger partial charge on any atom is -0.464 e. The fourth-order valence-corrected chi connectivity index (χ4v) is 1.60. The van der Waals surface area contributed by atoms with Gasteiger partial charge in [-0.3, -0.25) is 0 Å². The van der Waals surface area contributed by atoms with Crippen LogP contribution in [0.2, 0.25) is 0 Å². The van der Waals surface area contributed by atoms with Crippen molar-refractivity contribution in [2.75, 3.05) is 11.9 Å². The topological polar surface area (TPSA) is 105 Å². The van der Waals surface area contributed by atoms with Crippen LogP contribution in [0.5, 0.6) is 0 Å². The van der Waals surface area contributed by atoms with Crippen molar-refractivity contribution in [2.24, 2.45) is 5.73 Å². The predicted molar refractivity (Wildman–Crippen MR) is 74.4 cm³/mol. The van der Waals surface area contributed by atoms with E-state index < -0.39 is 18.2 Å². The molecular formula is C12H16N2O4S. The van der Waals surface area contributed by atoms with Crippen molar-refractivity contribution in [3.8, 4) is 0 Å². The molecule has 2 atom stereocenters. The number of carbonyl (C=O) groups excluding carboxylic acids is 1. The number of nitrogens with one attached hydrogen (secondary N) is 1. The number of benzene rings is 1. The van der Waals surface area contributed by atoms with Gasteiger partial charge < -0.3 is 26.0 Å². The molecule has 0 aliphatic carbocycles.